The number of para-hydroxylation sites is 1. The quantitative estimate of drug-likeness (QED) is 0.180. The molecule has 8 aromatic carbocycles. The minimum Gasteiger partial charge on any atom is -0.456 e. The smallest absolute Gasteiger partial charge is 0.164 e. The van der Waals surface area contributed by atoms with Gasteiger partial charge in [0.15, 0.2) is 17.5 Å². The lowest BCUT2D eigenvalue weighted by Crippen LogP contribution is -2.30. The molecule has 0 fully saturated rings. The highest BCUT2D eigenvalue weighted by atomic mass is 16.3. The first-order valence-electron chi connectivity index (χ1n) is 19.7. The second-order valence-electron chi connectivity index (χ2n) is 15.1. The van der Waals surface area contributed by atoms with Gasteiger partial charge in [-0.05, 0) is 86.0 Å². The van der Waals surface area contributed by atoms with Crippen molar-refractivity contribution in [1.82, 2.24) is 15.0 Å². The van der Waals surface area contributed by atoms with Crippen LogP contribution < -0.4 is 0 Å². The van der Waals surface area contributed by atoms with Crippen molar-refractivity contribution >= 4 is 34.1 Å². The van der Waals surface area contributed by atoms with Gasteiger partial charge in [-0.3, -0.25) is 0 Å². The molecule has 2 aliphatic rings. The molecule has 1 atom stereocenters. The maximum absolute atomic E-state index is 6.62. The fourth-order valence-electron chi connectivity index (χ4n) is 9.37. The van der Waals surface area contributed by atoms with E-state index in [9.17, 15) is 0 Å². The number of furan rings is 1. The molecule has 12 rings (SSSR count). The topological polar surface area (TPSA) is 51.8 Å². The van der Waals surface area contributed by atoms with E-state index in [0.717, 1.165) is 55.3 Å². The zero-order valence-electron chi connectivity index (χ0n) is 31.3. The van der Waals surface area contributed by atoms with Crippen LogP contribution in [-0.4, -0.2) is 15.0 Å². The van der Waals surface area contributed by atoms with Crippen molar-refractivity contribution < 1.29 is 4.42 Å². The first kappa shape index (κ1) is 32.5. The number of fused-ring (bicyclic) bond motifs is 12. The van der Waals surface area contributed by atoms with Crippen LogP contribution in [0.4, 0.5) is 0 Å². The molecule has 10 aromatic rings. The SMILES string of the molecule is C1=Cc2ccc(-c3nc(-c4ccccc4)nc(-c4cccc(-c5ccccc5)c4)n3)cc2C2(c3ccccc31)c1ccccc1-c1cc3c(cc12)oc1ccccc13. The molecule has 0 amide bonds. The number of rotatable bonds is 4. The Kier molecular flexibility index (Phi) is 7.11. The molecule has 0 N–H and O–H groups in total. The van der Waals surface area contributed by atoms with Gasteiger partial charge in [0, 0.05) is 27.5 Å². The Morgan fingerprint density at radius 3 is 1.74 bits per heavy atom. The highest BCUT2D eigenvalue weighted by Crippen LogP contribution is 2.59. The van der Waals surface area contributed by atoms with E-state index in [2.05, 4.69) is 170 Å². The first-order chi connectivity index (χ1) is 28.7. The second kappa shape index (κ2) is 12.7. The van der Waals surface area contributed by atoms with E-state index in [1.807, 2.05) is 30.3 Å². The van der Waals surface area contributed by atoms with Crippen molar-refractivity contribution in [2.24, 2.45) is 0 Å². The molecular weight excluding hydrogens is 707 g/mol. The van der Waals surface area contributed by atoms with Crippen molar-refractivity contribution in [2.45, 2.75) is 5.41 Å². The third kappa shape index (κ3) is 4.85. The Morgan fingerprint density at radius 2 is 0.931 bits per heavy atom. The van der Waals surface area contributed by atoms with Crippen LogP contribution >= 0.6 is 0 Å². The number of hydrogen-bond acceptors (Lipinski definition) is 4. The van der Waals surface area contributed by atoms with Gasteiger partial charge in [-0.1, -0.05) is 170 Å². The molecule has 0 saturated heterocycles. The standard InChI is InChI=1S/C54H33N3O/c1-3-14-34(15-4-1)38-19-13-20-39(30-38)52-55-51(37-17-5-2-6-18-37)56-53(57-52)40-29-28-36-27-26-35-16-7-10-23-45(35)54(47(36)31-40)46-24-11-8-21-41(46)43-32-44-42-22-9-12-25-49(42)58-50(44)33-48(43)54/h1-33H. The minimum atomic E-state index is -0.660. The van der Waals surface area contributed by atoms with Gasteiger partial charge in [0.1, 0.15) is 11.2 Å². The largest absolute Gasteiger partial charge is 0.456 e. The van der Waals surface area contributed by atoms with Crippen molar-refractivity contribution in [3.63, 3.8) is 0 Å². The lowest BCUT2D eigenvalue weighted by molar-refractivity contribution is 0.666. The van der Waals surface area contributed by atoms with Crippen molar-refractivity contribution in [2.75, 3.05) is 0 Å². The van der Waals surface area contributed by atoms with E-state index in [1.165, 1.54) is 38.9 Å². The minimum absolute atomic E-state index is 0.618. The number of benzene rings is 8. The van der Waals surface area contributed by atoms with Crippen molar-refractivity contribution in [3.05, 3.63) is 221 Å². The van der Waals surface area contributed by atoms with E-state index in [0.29, 0.717) is 17.5 Å². The predicted octanol–water partition coefficient (Wildman–Crippen LogP) is 13.3. The lowest BCUT2D eigenvalue weighted by atomic mass is 9.65. The zero-order chi connectivity index (χ0) is 38.2. The predicted molar refractivity (Wildman–Crippen MR) is 235 cm³/mol. The van der Waals surface area contributed by atoms with E-state index < -0.39 is 5.41 Å². The van der Waals surface area contributed by atoms with Gasteiger partial charge < -0.3 is 4.42 Å². The fraction of sp³-hybridized carbons (Fsp3) is 0.0185. The van der Waals surface area contributed by atoms with Crippen LogP contribution in [0.15, 0.2) is 192 Å². The van der Waals surface area contributed by atoms with Crippen LogP contribution in [0, 0.1) is 0 Å². The van der Waals surface area contributed by atoms with Gasteiger partial charge in [-0.15, -0.1) is 0 Å². The van der Waals surface area contributed by atoms with Crippen LogP contribution in [0.5, 0.6) is 0 Å². The third-order valence-electron chi connectivity index (χ3n) is 12.0. The van der Waals surface area contributed by atoms with Crippen LogP contribution in [0.1, 0.15) is 33.4 Å². The molecular formula is C54H33N3O. The summed E-state index contributed by atoms with van der Waals surface area (Å²) in [4.78, 5) is 15.6. The molecule has 0 saturated carbocycles. The van der Waals surface area contributed by atoms with Crippen LogP contribution in [-0.2, 0) is 5.41 Å². The summed E-state index contributed by atoms with van der Waals surface area (Å²) in [7, 11) is 0. The number of nitrogens with zero attached hydrogens (tertiary/aromatic N) is 3. The summed E-state index contributed by atoms with van der Waals surface area (Å²) < 4.78 is 6.62. The molecule has 2 aromatic heterocycles. The zero-order valence-corrected chi connectivity index (χ0v) is 31.3. The summed E-state index contributed by atoms with van der Waals surface area (Å²) in [5.74, 6) is 1.87. The second-order valence-corrected chi connectivity index (χ2v) is 15.1. The van der Waals surface area contributed by atoms with Gasteiger partial charge in [0.25, 0.3) is 0 Å². The Balaban J connectivity index is 1.12. The fourth-order valence-corrected chi connectivity index (χ4v) is 9.37. The maximum Gasteiger partial charge on any atom is 0.164 e. The molecule has 0 aliphatic heterocycles. The highest BCUT2D eigenvalue weighted by Gasteiger charge is 2.49. The summed E-state index contributed by atoms with van der Waals surface area (Å²) in [6.45, 7) is 0. The van der Waals surface area contributed by atoms with Crippen molar-refractivity contribution in [3.8, 4) is 56.4 Å². The summed E-state index contributed by atoms with van der Waals surface area (Å²) in [6.07, 6.45) is 4.52. The average Bonchev–Trinajstić information content (AvgIpc) is 3.75. The molecule has 2 heterocycles. The molecule has 1 unspecified atom stereocenters. The molecule has 4 heteroatoms. The molecule has 0 bridgehead atoms. The third-order valence-corrected chi connectivity index (χ3v) is 12.0. The first-order valence-corrected chi connectivity index (χ1v) is 19.7. The molecule has 2 aliphatic carbocycles. The Bertz CT molecular complexity index is 3290. The van der Waals surface area contributed by atoms with Crippen LogP contribution in [0.2, 0.25) is 0 Å². The van der Waals surface area contributed by atoms with Gasteiger partial charge in [0.05, 0.1) is 5.41 Å². The van der Waals surface area contributed by atoms with E-state index >= 15 is 0 Å². The summed E-state index contributed by atoms with van der Waals surface area (Å²) in [5, 5.41) is 2.25. The van der Waals surface area contributed by atoms with Gasteiger partial charge in [-0.2, -0.15) is 0 Å². The number of hydrogen-bond donors (Lipinski definition) is 0. The van der Waals surface area contributed by atoms with Crippen molar-refractivity contribution in [1.29, 1.82) is 0 Å². The Morgan fingerprint density at radius 1 is 0.328 bits per heavy atom. The monoisotopic (exact) mass is 739 g/mol. The summed E-state index contributed by atoms with van der Waals surface area (Å²) >= 11 is 0. The molecule has 58 heavy (non-hydrogen) atoms. The van der Waals surface area contributed by atoms with Gasteiger partial charge in [-0.25, -0.2) is 15.0 Å². The van der Waals surface area contributed by atoms with Crippen LogP contribution in [0.25, 0.3) is 90.5 Å². The van der Waals surface area contributed by atoms with E-state index in [4.69, 9.17) is 19.4 Å². The van der Waals surface area contributed by atoms with Crippen LogP contribution in [0.3, 0.4) is 0 Å². The lowest BCUT2D eigenvalue weighted by Gasteiger charge is -2.35. The van der Waals surface area contributed by atoms with E-state index in [1.54, 1.807) is 0 Å². The number of aromatic nitrogens is 3. The average molecular weight is 740 g/mol. The highest BCUT2D eigenvalue weighted by molar-refractivity contribution is 6.08. The summed E-state index contributed by atoms with van der Waals surface area (Å²) in [6, 6.07) is 66.5. The molecule has 270 valence electrons. The Labute approximate surface area is 335 Å². The van der Waals surface area contributed by atoms with Gasteiger partial charge >= 0.3 is 0 Å². The molecule has 4 nitrogen and oxygen atoms in total. The normalized spacial score (nSPS) is 14.9. The summed E-state index contributed by atoms with van der Waals surface area (Å²) in [5.41, 5.74) is 15.7. The van der Waals surface area contributed by atoms with Gasteiger partial charge in [0.2, 0.25) is 0 Å². The maximum atomic E-state index is 6.62. The molecule has 0 radical (unpaired) electrons. The molecule has 1 spiro atoms. The van der Waals surface area contributed by atoms with E-state index in [-0.39, 0.29) is 0 Å². The Hall–Kier alpha value is -7.69.